The van der Waals surface area contributed by atoms with Crippen LogP contribution in [-0.4, -0.2) is 67.1 Å². The first-order valence-electron chi connectivity index (χ1n) is 12.0. The molecule has 3 aliphatic rings. The summed E-state index contributed by atoms with van der Waals surface area (Å²) in [5.41, 5.74) is 1.29. The second kappa shape index (κ2) is 9.22. The highest BCUT2D eigenvalue weighted by molar-refractivity contribution is 8.18. The minimum absolute atomic E-state index is 0.140. The molecule has 2 aromatic carbocycles. The van der Waals surface area contributed by atoms with Crippen LogP contribution in [0.1, 0.15) is 5.69 Å². The molecule has 6 rings (SSSR count). The summed E-state index contributed by atoms with van der Waals surface area (Å²) in [5.74, 6) is 0.669. The number of anilines is 3. The third-order valence-corrected chi connectivity index (χ3v) is 9.49. The fourth-order valence-electron chi connectivity index (χ4n) is 4.88. The number of imide groups is 1. The van der Waals surface area contributed by atoms with Gasteiger partial charge in [-0.1, -0.05) is 36.4 Å². The molecule has 2 amide bonds. The van der Waals surface area contributed by atoms with E-state index in [4.69, 9.17) is 4.98 Å². The summed E-state index contributed by atoms with van der Waals surface area (Å²) in [5, 5.41) is 1.85. The average molecular weight is 549 g/mol. The van der Waals surface area contributed by atoms with Crippen molar-refractivity contribution in [2.24, 2.45) is 5.41 Å². The molecular weight excluding hydrogens is 524 g/mol. The lowest BCUT2D eigenvalue weighted by Gasteiger charge is -2.59. The van der Waals surface area contributed by atoms with Gasteiger partial charge in [0.1, 0.15) is 5.82 Å². The minimum Gasteiger partial charge on any atom is -0.339 e. The largest absolute Gasteiger partial charge is 0.339 e. The Bertz CT molecular complexity index is 1550. The zero-order valence-electron chi connectivity index (χ0n) is 20.4. The fraction of sp³-hybridized carbons (Fsp3) is 0.231. The topological polar surface area (TPSA) is 116 Å². The molecule has 0 unspecified atom stereocenters. The number of para-hydroxylation sites is 1. The van der Waals surface area contributed by atoms with E-state index in [1.807, 2.05) is 47.2 Å². The number of amides is 2. The number of sulfonamides is 1. The third-order valence-electron chi connectivity index (χ3n) is 6.87. The van der Waals surface area contributed by atoms with Gasteiger partial charge < -0.3 is 9.80 Å². The van der Waals surface area contributed by atoms with Gasteiger partial charge in [-0.3, -0.25) is 14.9 Å². The maximum Gasteiger partial charge on any atom is 0.290 e. The van der Waals surface area contributed by atoms with Crippen LogP contribution in [0.2, 0.25) is 0 Å². The zero-order valence-corrected chi connectivity index (χ0v) is 22.1. The number of carbonyl (C=O) groups excluding carboxylic acids is 2. The van der Waals surface area contributed by atoms with Crippen molar-refractivity contribution in [2.75, 3.05) is 43.0 Å². The maximum absolute atomic E-state index is 12.9. The Morgan fingerprint density at radius 2 is 1.63 bits per heavy atom. The van der Waals surface area contributed by atoms with Crippen molar-refractivity contribution in [1.82, 2.24) is 19.6 Å². The van der Waals surface area contributed by atoms with Crippen molar-refractivity contribution in [1.29, 1.82) is 0 Å². The average Bonchev–Trinajstić information content (AvgIpc) is 3.18. The Hall–Kier alpha value is -3.74. The number of carbonyl (C=O) groups is 2. The van der Waals surface area contributed by atoms with E-state index in [9.17, 15) is 18.0 Å². The summed E-state index contributed by atoms with van der Waals surface area (Å²) in [7, 11) is -1.61. The van der Waals surface area contributed by atoms with E-state index in [-0.39, 0.29) is 10.3 Å². The van der Waals surface area contributed by atoms with E-state index in [0.29, 0.717) is 48.5 Å². The van der Waals surface area contributed by atoms with Crippen LogP contribution in [0.4, 0.5) is 22.2 Å². The van der Waals surface area contributed by atoms with Gasteiger partial charge in [0.15, 0.2) is 0 Å². The van der Waals surface area contributed by atoms with Crippen LogP contribution in [0.15, 0.2) is 76.5 Å². The van der Waals surface area contributed by atoms with Gasteiger partial charge in [0.05, 0.1) is 15.5 Å². The molecule has 1 spiro atoms. The van der Waals surface area contributed by atoms with Gasteiger partial charge in [0.25, 0.3) is 11.1 Å². The van der Waals surface area contributed by atoms with Gasteiger partial charge >= 0.3 is 0 Å². The van der Waals surface area contributed by atoms with Gasteiger partial charge in [-0.2, -0.15) is 9.29 Å². The molecule has 0 bridgehead atoms. The first kappa shape index (κ1) is 24.6. The SMILES string of the molecule is CN(c1ccccc1)c1cc(C=C2SC(=O)NC2=O)nc(N2CC3(C2)CN(S(=O)(=O)c2ccccc2)C3)n1. The van der Waals surface area contributed by atoms with Crippen molar-refractivity contribution in [3.05, 3.63) is 77.3 Å². The molecule has 1 N–H and O–H groups in total. The first-order valence-corrected chi connectivity index (χ1v) is 14.2. The second-order valence-electron chi connectivity index (χ2n) is 9.64. The van der Waals surface area contributed by atoms with Gasteiger partial charge in [0.2, 0.25) is 16.0 Å². The minimum atomic E-state index is -3.51. The smallest absolute Gasteiger partial charge is 0.290 e. The zero-order chi connectivity index (χ0) is 26.5. The van der Waals surface area contributed by atoms with Crippen molar-refractivity contribution in [3.8, 4) is 0 Å². The highest BCUT2D eigenvalue weighted by atomic mass is 32.2. The molecule has 4 heterocycles. The lowest BCUT2D eigenvalue weighted by Crippen LogP contribution is -2.73. The van der Waals surface area contributed by atoms with Crippen LogP contribution in [0.25, 0.3) is 6.08 Å². The van der Waals surface area contributed by atoms with Crippen LogP contribution in [0.3, 0.4) is 0 Å². The van der Waals surface area contributed by atoms with Crippen LogP contribution >= 0.6 is 11.8 Å². The van der Waals surface area contributed by atoms with Gasteiger partial charge in [-0.15, -0.1) is 0 Å². The van der Waals surface area contributed by atoms with Crippen molar-refractivity contribution < 1.29 is 18.0 Å². The Morgan fingerprint density at radius 1 is 0.974 bits per heavy atom. The second-order valence-corrected chi connectivity index (χ2v) is 12.6. The van der Waals surface area contributed by atoms with Gasteiger partial charge in [0, 0.05) is 50.4 Å². The number of nitrogens with one attached hydrogen (secondary N) is 1. The van der Waals surface area contributed by atoms with E-state index in [0.717, 1.165) is 17.4 Å². The first-order chi connectivity index (χ1) is 18.2. The Labute approximate surface area is 224 Å². The van der Waals surface area contributed by atoms with Crippen LogP contribution in [0, 0.1) is 5.41 Å². The molecule has 0 radical (unpaired) electrons. The molecular formula is C26H24N6O4S2. The summed E-state index contributed by atoms with van der Waals surface area (Å²) in [6.45, 7) is 2.13. The number of hydrogen-bond acceptors (Lipinski definition) is 9. The molecule has 0 aliphatic carbocycles. The van der Waals surface area contributed by atoms with Gasteiger partial charge in [-0.25, -0.2) is 13.4 Å². The highest BCUT2D eigenvalue weighted by Crippen LogP contribution is 2.43. The summed E-state index contributed by atoms with van der Waals surface area (Å²) in [4.78, 5) is 37.7. The quantitative estimate of drug-likeness (QED) is 0.464. The fourth-order valence-corrected chi connectivity index (χ4v) is 7.24. The summed E-state index contributed by atoms with van der Waals surface area (Å²) in [6.07, 6.45) is 1.59. The normalized spacial score (nSPS) is 19.8. The van der Waals surface area contributed by atoms with Crippen LogP contribution in [-0.2, 0) is 14.8 Å². The lowest BCUT2D eigenvalue weighted by molar-refractivity contribution is -0.115. The van der Waals surface area contributed by atoms with E-state index < -0.39 is 21.2 Å². The van der Waals surface area contributed by atoms with E-state index in [2.05, 4.69) is 10.3 Å². The monoisotopic (exact) mass is 548 g/mol. The third kappa shape index (κ3) is 4.44. The van der Waals surface area contributed by atoms with Crippen LogP contribution in [0.5, 0.6) is 0 Å². The Kier molecular flexibility index (Phi) is 5.97. The predicted octanol–water partition coefficient (Wildman–Crippen LogP) is 3.08. The molecule has 10 nitrogen and oxygen atoms in total. The van der Waals surface area contributed by atoms with Crippen molar-refractivity contribution >= 4 is 56.5 Å². The van der Waals surface area contributed by atoms with Gasteiger partial charge in [-0.05, 0) is 42.1 Å². The van der Waals surface area contributed by atoms with Crippen molar-refractivity contribution in [2.45, 2.75) is 4.90 Å². The number of hydrogen-bond donors (Lipinski definition) is 1. The predicted molar refractivity (Wildman–Crippen MR) is 145 cm³/mol. The summed E-state index contributed by atoms with van der Waals surface area (Å²) >= 11 is 0.838. The molecule has 3 aliphatic heterocycles. The molecule has 38 heavy (non-hydrogen) atoms. The summed E-state index contributed by atoms with van der Waals surface area (Å²) in [6, 6.07) is 20.0. The van der Waals surface area contributed by atoms with E-state index in [1.165, 1.54) is 4.31 Å². The molecule has 194 valence electrons. The molecule has 3 fully saturated rings. The maximum atomic E-state index is 12.9. The summed E-state index contributed by atoms with van der Waals surface area (Å²) < 4.78 is 27.4. The lowest BCUT2D eigenvalue weighted by atomic mass is 9.74. The molecule has 0 saturated carbocycles. The molecule has 3 saturated heterocycles. The Morgan fingerprint density at radius 3 is 2.26 bits per heavy atom. The number of benzene rings is 2. The van der Waals surface area contributed by atoms with Crippen LogP contribution < -0.4 is 15.1 Å². The Balaban J connectivity index is 1.24. The number of rotatable bonds is 6. The molecule has 1 aromatic heterocycles. The highest BCUT2D eigenvalue weighted by Gasteiger charge is 2.56. The number of nitrogens with zero attached hydrogens (tertiary/aromatic N) is 5. The molecule has 3 aromatic rings. The van der Waals surface area contributed by atoms with E-state index in [1.54, 1.807) is 42.5 Å². The number of thioether (sulfide) groups is 1. The standard InChI is InChI=1S/C26H24N6O4S2/c1-30(19-8-4-2-5-9-19)22-13-18(12-21-23(33)29-25(34)37-21)27-24(28-22)31-14-26(15-31)16-32(17-26)38(35,36)20-10-6-3-7-11-20/h2-13H,14-17H2,1H3,(H,29,33,34). The molecule has 0 atom stereocenters. The van der Waals surface area contributed by atoms with E-state index >= 15 is 0 Å². The number of aromatic nitrogens is 2. The molecule has 12 heteroatoms. The van der Waals surface area contributed by atoms with Crippen molar-refractivity contribution in [3.63, 3.8) is 0 Å².